The third kappa shape index (κ3) is 4.88. The van der Waals surface area contributed by atoms with Gasteiger partial charge in [0.15, 0.2) is 5.60 Å². The van der Waals surface area contributed by atoms with Crippen LogP contribution in [-0.2, 0) is 34.6 Å². The maximum Gasteiger partial charge on any atom is 0.264 e. The van der Waals surface area contributed by atoms with Crippen LogP contribution in [0.5, 0.6) is 0 Å². The molecular weight excluding hydrogens is 621 g/mol. The maximum atomic E-state index is 16.1. The molecule has 49 heavy (non-hydrogen) atoms. The number of aromatic nitrogens is 3. The monoisotopic (exact) mass is 659 g/mol. The molecule has 1 N–H and O–H groups in total. The molecule has 1 saturated heterocycles. The molecule has 0 saturated carbocycles. The van der Waals surface area contributed by atoms with Gasteiger partial charge < -0.3 is 14.7 Å². The van der Waals surface area contributed by atoms with E-state index in [0.717, 1.165) is 39.0 Å². The number of hydrogen-bond donors (Lipinski definition) is 1. The summed E-state index contributed by atoms with van der Waals surface area (Å²) in [6.07, 6.45) is 2.08. The van der Waals surface area contributed by atoms with Gasteiger partial charge >= 0.3 is 0 Å². The Morgan fingerprint density at radius 3 is 2.45 bits per heavy atom. The number of hydrogen-bond acceptors (Lipinski definition) is 6. The number of carbonyl (C=O) groups is 2. The summed E-state index contributed by atoms with van der Waals surface area (Å²) in [6.45, 7) is 5.76. The summed E-state index contributed by atoms with van der Waals surface area (Å²) in [4.78, 5) is 31.7. The standard InChI is InChI=1S/C39H38FN5O4/c1-24-35(38(2,3)40)33(18-20-43-23-27(19-21-46)41-42-43)49-39(24)30-11-4-5-12-31(30)44(37(39)48)22-25-14-16-28(17-15-25)45-32-13-7-9-26-8-6-10-29(34(26)32)36(45)47/h4-17,23-24,33,35,46H,18-22H2,1-3H3/t24-,33+,35-,39+/m0/s1. The molecule has 1 aromatic heterocycles. The number of para-hydroxylation sites is 1. The summed E-state index contributed by atoms with van der Waals surface area (Å²) >= 11 is 0. The van der Waals surface area contributed by atoms with Crippen molar-refractivity contribution in [3.8, 4) is 0 Å². The molecule has 5 aromatic rings. The number of nitrogens with zero attached hydrogens (tertiary/aromatic N) is 5. The van der Waals surface area contributed by atoms with Crippen LogP contribution in [0.2, 0.25) is 0 Å². The number of ether oxygens (including phenoxy) is 1. The number of amides is 2. The number of halogens is 1. The lowest BCUT2D eigenvalue weighted by molar-refractivity contribution is -0.146. The number of carbonyl (C=O) groups excluding carboxylic acids is 2. The second kappa shape index (κ2) is 11.6. The molecule has 4 atom stereocenters. The molecule has 0 unspecified atom stereocenters. The minimum atomic E-state index is -1.62. The minimum absolute atomic E-state index is 0.0193. The van der Waals surface area contributed by atoms with Crippen molar-refractivity contribution in [2.45, 2.75) is 64.1 Å². The van der Waals surface area contributed by atoms with E-state index in [2.05, 4.69) is 10.3 Å². The predicted molar refractivity (Wildman–Crippen MR) is 184 cm³/mol. The van der Waals surface area contributed by atoms with Gasteiger partial charge in [0.05, 0.1) is 35.3 Å². The largest absolute Gasteiger partial charge is 0.396 e. The van der Waals surface area contributed by atoms with Crippen LogP contribution in [0, 0.1) is 11.8 Å². The summed E-state index contributed by atoms with van der Waals surface area (Å²) in [5.74, 6) is -1.28. The van der Waals surface area contributed by atoms with E-state index in [1.165, 1.54) is 0 Å². The van der Waals surface area contributed by atoms with Gasteiger partial charge in [-0.1, -0.05) is 66.7 Å². The van der Waals surface area contributed by atoms with Crippen molar-refractivity contribution in [3.05, 3.63) is 114 Å². The Bertz CT molecular complexity index is 2080. The number of benzene rings is 4. The second-order valence-electron chi connectivity index (χ2n) is 13.9. The topological polar surface area (TPSA) is 101 Å². The third-order valence-electron chi connectivity index (χ3n) is 10.6. The molecule has 250 valence electrons. The molecule has 0 bridgehead atoms. The van der Waals surface area contributed by atoms with Gasteiger partial charge in [-0.15, -0.1) is 5.10 Å². The Morgan fingerprint density at radius 2 is 1.69 bits per heavy atom. The van der Waals surface area contributed by atoms with Crippen molar-refractivity contribution in [2.24, 2.45) is 11.8 Å². The van der Waals surface area contributed by atoms with E-state index in [9.17, 15) is 14.7 Å². The van der Waals surface area contributed by atoms with Gasteiger partial charge in [0.25, 0.3) is 11.8 Å². The molecule has 4 heterocycles. The highest BCUT2D eigenvalue weighted by Gasteiger charge is 2.66. The van der Waals surface area contributed by atoms with Gasteiger partial charge in [-0.05, 0) is 61.5 Å². The Hall–Kier alpha value is -4.93. The Labute approximate surface area is 283 Å². The maximum absolute atomic E-state index is 16.1. The smallest absolute Gasteiger partial charge is 0.264 e. The number of aliphatic hydroxyl groups excluding tert-OH is 1. The average molecular weight is 660 g/mol. The molecule has 1 spiro atoms. The number of aliphatic hydroxyl groups is 1. The van der Waals surface area contributed by atoms with Crippen LogP contribution in [0.3, 0.4) is 0 Å². The lowest BCUT2D eigenvalue weighted by Crippen LogP contribution is -2.45. The van der Waals surface area contributed by atoms with Gasteiger partial charge in [-0.2, -0.15) is 0 Å². The summed E-state index contributed by atoms with van der Waals surface area (Å²) in [5.41, 5.74) is 2.41. The zero-order chi connectivity index (χ0) is 34.1. The van der Waals surface area contributed by atoms with Crippen LogP contribution >= 0.6 is 0 Å². The van der Waals surface area contributed by atoms with Crippen LogP contribution in [0.1, 0.15) is 54.4 Å². The number of alkyl halides is 1. The quantitative estimate of drug-likeness (QED) is 0.194. The first-order chi connectivity index (χ1) is 23.6. The van der Waals surface area contributed by atoms with Crippen molar-refractivity contribution in [2.75, 3.05) is 16.4 Å². The SMILES string of the molecule is C[C@H]1[C@H](C(C)(C)F)[C@@H](CCn2cc(CCO)nn2)O[C@]12C(=O)N(Cc1ccc(N3C(=O)c4cccc5cccc3c45)cc1)c1ccccc12. The fourth-order valence-electron chi connectivity index (χ4n) is 8.47. The van der Waals surface area contributed by atoms with Crippen LogP contribution in [0.4, 0.5) is 21.5 Å². The summed E-state index contributed by atoms with van der Waals surface area (Å²) in [7, 11) is 0. The molecule has 2 amide bonds. The molecule has 0 aliphatic carbocycles. The van der Waals surface area contributed by atoms with E-state index in [1.807, 2.05) is 91.9 Å². The highest BCUT2D eigenvalue weighted by Crippen LogP contribution is 2.58. The normalized spacial score (nSPS) is 23.0. The lowest BCUT2D eigenvalue weighted by atomic mass is 9.71. The summed E-state index contributed by atoms with van der Waals surface area (Å²) in [5, 5.41) is 19.5. The predicted octanol–water partition coefficient (Wildman–Crippen LogP) is 6.49. The molecule has 4 aromatic carbocycles. The molecule has 0 radical (unpaired) electrons. The molecule has 9 nitrogen and oxygen atoms in total. The van der Waals surface area contributed by atoms with E-state index in [0.29, 0.717) is 37.2 Å². The molecule has 8 rings (SSSR count). The Morgan fingerprint density at radius 1 is 0.959 bits per heavy atom. The van der Waals surface area contributed by atoms with Gasteiger partial charge in [0.2, 0.25) is 0 Å². The Balaban J connectivity index is 1.07. The highest BCUT2D eigenvalue weighted by molar-refractivity contribution is 6.27. The van der Waals surface area contributed by atoms with Crippen molar-refractivity contribution >= 4 is 39.6 Å². The zero-order valence-electron chi connectivity index (χ0n) is 27.7. The molecule has 1 fully saturated rings. The fourth-order valence-corrected chi connectivity index (χ4v) is 8.47. The fraction of sp³-hybridized carbons (Fsp3) is 0.333. The molecule has 3 aliphatic rings. The van der Waals surface area contributed by atoms with Gasteiger partial charge in [-0.3, -0.25) is 19.2 Å². The van der Waals surface area contributed by atoms with Crippen molar-refractivity contribution in [1.82, 2.24) is 15.0 Å². The Kier molecular flexibility index (Phi) is 7.42. The zero-order valence-corrected chi connectivity index (χ0v) is 27.7. The van der Waals surface area contributed by atoms with E-state index >= 15 is 4.39 Å². The summed E-state index contributed by atoms with van der Waals surface area (Å²) in [6, 6.07) is 27.1. The van der Waals surface area contributed by atoms with E-state index in [1.54, 1.807) is 34.5 Å². The first-order valence-corrected chi connectivity index (χ1v) is 16.8. The molecule has 10 heteroatoms. The van der Waals surface area contributed by atoms with Crippen LogP contribution in [-0.4, -0.2) is 50.3 Å². The molecular formula is C39H38FN5O4. The van der Waals surface area contributed by atoms with Crippen LogP contribution in [0.15, 0.2) is 91.1 Å². The number of anilines is 3. The summed E-state index contributed by atoms with van der Waals surface area (Å²) < 4.78 is 24.6. The van der Waals surface area contributed by atoms with E-state index < -0.39 is 29.2 Å². The number of fused-ring (bicyclic) bond motifs is 2. The van der Waals surface area contributed by atoms with Crippen molar-refractivity contribution in [3.63, 3.8) is 0 Å². The molecule has 3 aliphatic heterocycles. The van der Waals surface area contributed by atoms with Gasteiger partial charge in [-0.25, -0.2) is 4.39 Å². The average Bonchev–Trinajstić information content (AvgIpc) is 3.81. The van der Waals surface area contributed by atoms with Crippen molar-refractivity contribution in [1.29, 1.82) is 0 Å². The van der Waals surface area contributed by atoms with Gasteiger partial charge in [0.1, 0.15) is 5.67 Å². The van der Waals surface area contributed by atoms with Crippen LogP contribution < -0.4 is 9.80 Å². The van der Waals surface area contributed by atoms with Crippen LogP contribution in [0.25, 0.3) is 10.8 Å². The van der Waals surface area contributed by atoms with Gasteiger partial charge in [0, 0.05) is 54.2 Å². The lowest BCUT2D eigenvalue weighted by Gasteiger charge is -2.32. The highest BCUT2D eigenvalue weighted by atomic mass is 19.1. The van der Waals surface area contributed by atoms with E-state index in [4.69, 9.17) is 4.74 Å². The first kappa shape index (κ1) is 31.3. The minimum Gasteiger partial charge on any atom is -0.396 e. The number of rotatable bonds is 9. The third-order valence-corrected chi connectivity index (χ3v) is 10.6. The van der Waals surface area contributed by atoms with E-state index in [-0.39, 0.29) is 18.4 Å². The number of aryl methyl sites for hydroxylation is 1. The van der Waals surface area contributed by atoms with Crippen molar-refractivity contribution < 1.29 is 23.8 Å². The first-order valence-electron chi connectivity index (χ1n) is 16.8. The second-order valence-corrected chi connectivity index (χ2v) is 13.9.